The molecule has 0 aromatic carbocycles. The van der Waals surface area contributed by atoms with E-state index in [1.165, 1.54) is 57.8 Å². The van der Waals surface area contributed by atoms with Gasteiger partial charge in [-0.1, -0.05) is 182 Å². The van der Waals surface area contributed by atoms with Gasteiger partial charge in [0, 0.05) is 6.42 Å². The van der Waals surface area contributed by atoms with Crippen molar-refractivity contribution in [3.05, 3.63) is 97.2 Å². The van der Waals surface area contributed by atoms with Gasteiger partial charge in [0.2, 0.25) is 5.91 Å². The van der Waals surface area contributed by atoms with E-state index in [-0.39, 0.29) is 19.1 Å². The molecule has 0 fully saturated rings. The van der Waals surface area contributed by atoms with Crippen LogP contribution >= 0.6 is 7.82 Å². The van der Waals surface area contributed by atoms with Crippen LogP contribution in [0.3, 0.4) is 0 Å². The molecule has 0 heterocycles. The second kappa shape index (κ2) is 41.8. The first kappa shape index (κ1) is 57.4. The molecule has 0 aliphatic rings. The average Bonchev–Trinajstić information content (AvgIpc) is 3.20. The number of phosphoric ester groups is 1. The van der Waals surface area contributed by atoms with Gasteiger partial charge in [0.25, 0.3) is 7.82 Å². The lowest BCUT2D eigenvalue weighted by molar-refractivity contribution is -0.870. The molecule has 1 amide bonds. The Bertz CT molecular complexity index is 1290. The fourth-order valence-corrected chi connectivity index (χ4v) is 6.79. The largest absolute Gasteiger partial charge is 0.756 e. The highest BCUT2D eigenvalue weighted by atomic mass is 31.2. The van der Waals surface area contributed by atoms with Crippen LogP contribution in [-0.4, -0.2) is 68.5 Å². The first-order valence-corrected chi connectivity index (χ1v) is 25.1. The van der Waals surface area contributed by atoms with Gasteiger partial charge in [-0.25, -0.2) is 0 Å². The number of carbonyl (C=O) groups is 1. The van der Waals surface area contributed by atoms with E-state index in [9.17, 15) is 19.4 Å². The average molecular weight is 857 g/mol. The smallest absolute Gasteiger partial charge is 0.268 e. The lowest BCUT2D eigenvalue weighted by Crippen LogP contribution is -2.45. The molecule has 0 aliphatic heterocycles. The predicted octanol–water partition coefficient (Wildman–Crippen LogP) is 12.9. The number of carbonyl (C=O) groups excluding carboxylic acids is 1. The molecule has 3 atom stereocenters. The van der Waals surface area contributed by atoms with Gasteiger partial charge >= 0.3 is 0 Å². The van der Waals surface area contributed by atoms with Crippen LogP contribution in [0, 0.1) is 0 Å². The van der Waals surface area contributed by atoms with Gasteiger partial charge in [0.05, 0.1) is 39.9 Å². The molecule has 0 spiro atoms. The van der Waals surface area contributed by atoms with Gasteiger partial charge < -0.3 is 28.8 Å². The summed E-state index contributed by atoms with van der Waals surface area (Å²) in [6.45, 7) is 4.39. The number of phosphoric acid groups is 1. The summed E-state index contributed by atoms with van der Waals surface area (Å²) in [6, 6.07) is -0.889. The molecule has 3 unspecified atom stereocenters. The van der Waals surface area contributed by atoms with Crippen molar-refractivity contribution in [1.82, 2.24) is 5.32 Å². The van der Waals surface area contributed by atoms with Crippen LogP contribution in [0.4, 0.5) is 0 Å². The zero-order chi connectivity index (χ0) is 44.3. The van der Waals surface area contributed by atoms with Gasteiger partial charge in [-0.3, -0.25) is 9.36 Å². The van der Waals surface area contributed by atoms with E-state index >= 15 is 0 Å². The summed E-state index contributed by atoms with van der Waals surface area (Å²) in [7, 11) is 1.24. The summed E-state index contributed by atoms with van der Waals surface area (Å²) in [5, 5.41) is 13.6. The minimum Gasteiger partial charge on any atom is -0.756 e. The van der Waals surface area contributed by atoms with Crippen LogP contribution in [0.25, 0.3) is 0 Å². The number of quaternary nitrogens is 1. The number of rotatable bonds is 41. The molecule has 0 saturated heterocycles. The van der Waals surface area contributed by atoms with E-state index in [4.69, 9.17) is 9.05 Å². The highest BCUT2D eigenvalue weighted by Gasteiger charge is 2.23. The molecule has 8 nitrogen and oxygen atoms in total. The molecule has 9 heteroatoms. The summed E-state index contributed by atoms with van der Waals surface area (Å²) in [5.74, 6) is -0.214. The van der Waals surface area contributed by atoms with E-state index in [1.54, 1.807) is 6.08 Å². The Morgan fingerprint density at radius 1 is 0.600 bits per heavy atom. The van der Waals surface area contributed by atoms with Gasteiger partial charge in [-0.2, -0.15) is 0 Å². The third kappa shape index (κ3) is 43.5. The number of allylic oxidation sites excluding steroid dienone is 15. The number of hydrogen-bond acceptors (Lipinski definition) is 6. The van der Waals surface area contributed by atoms with E-state index in [2.05, 4.69) is 104 Å². The highest BCUT2D eigenvalue weighted by Crippen LogP contribution is 2.38. The Kier molecular flexibility index (Phi) is 40.0. The minimum absolute atomic E-state index is 0.00701. The molecule has 0 radical (unpaired) electrons. The quantitative estimate of drug-likeness (QED) is 0.0274. The molecule has 0 aromatic heterocycles. The minimum atomic E-state index is -4.58. The first-order chi connectivity index (χ1) is 29.0. The Hall–Kier alpha value is -2.58. The van der Waals surface area contributed by atoms with Crippen LogP contribution in [0.15, 0.2) is 97.2 Å². The molecule has 2 N–H and O–H groups in total. The highest BCUT2D eigenvalue weighted by molar-refractivity contribution is 7.45. The Morgan fingerprint density at radius 2 is 1.02 bits per heavy atom. The Morgan fingerprint density at radius 3 is 1.48 bits per heavy atom. The molecular formula is C51H89N2O6P. The number of likely N-dealkylation sites (N-methyl/N-ethyl adjacent to an activating group) is 1. The van der Waals surface area contributed by atoms with Crippen LogP contribution < -0.4 is 10.2 Å². The Balaban J connectivity index is 3.97. The lowest BCUT2D eigenvalue weighted by atomic mass is 10.0. The van der Waals surface area contributed by atoms with Crippen LogP contribution in [0.5, 0.6) is 0 Å². The van der Waals surface area contributed by atoms with Crippen molar-refractivity contribution in [3.8, 4) is 0 Å². The first-order valence-electron chi connectivity index (χ1n) is 23.6. The second-order valence-electron chi connectivity index (χ2n) is 16.7. The third-order valence-electron chi connectivity index (χ3n) is 9.80. The van der Waals surface area contributed by atoms with Crippen molar-refractivity contribution in [2.24, 2.45) is 0 Å². The van der Waals surface area contributed by atoms with Crippen molar-refractivity contribution >= 4 is 13.7 Å². The van der Waals surface area contributed by atoms with Crippen molar-refractivity contribution in [2.75, 3.05) is 40.9 Å². The molecule has 0 bridgehead atoms. The number of aliphatic hydroxyl groups excluding tert-OH is 1. The summed E-state index contributed by atoms with van der Waals surface area (Å²) in [6.07, 6.45) is 59.5. The zero-order valence-corrected chi connectivity index (χ0v) is 39.8. The number of hydrogen-bond donors (Lipinski definition) is 2. The van der Waals surface area contributed by atoms with Crippen molar-refractivity contribution in [2.45, 2.75) is 180 Å². The van der Waals surface area contributed by atoms with E-state index < -0.39 is 20.0 Å². The van der Waals surface area contributed by atoms with Crippen molar-refractivity contribution in [1.29, 1.82) is 0 Å². The van der Waals surface area contributed by atoms with Crippen molar-refractivity contribution < 1.29 is 32.9 Å². The standard InChI is InChI=1S/C51H89N2O6P/c1-6-8-10-12-13-14-15-16-17-18-19-20-21-22-23-24-25-26-27-28-29-30-31-32-33-34-35-36-37-38-39-41-43-45-51(55)52-49(50(54)44-42-40-11-9-7-2)48-59-60(56,57)58-47-46-53(3,4)5/h8,10,13-14,16-17,19-20,22-23,25-26,28-29,42,44,49-50,54H,6-7,9,11-12,15,18,21,24,27,30-41,43,45-48H2,1-5H3,(H-,52,55,56,57)/b10-8-,14-13-,17-16-,20-19-,23-22-,26-25-,29-28-,44-42+. The topological polar surface area (TPSA) is 108 Å². The summed E-state index contributed by atoms with van der Waals surface area (Å²) in [5.41, 5.74) is 0. The van der Waals surface area contributed by atoms with Gasteiger partial charge in [-0.05, 0) is 77.0 Å². The predicted molar refractivity (Wildman–Crippen MR) is 256 cm³/mol. The van der Waals surface area contributed by atoms with Crippen LogP contribution in [0.1, 0.15) is 168 Å². The van der Waals surface area contributed by atoms with E-state index in [0.717, 1.165) is 89.9 Å². The SMILES string of the molecule is CC/C=C\C/C=C\C/C=C\C/C=C\C/C=C\C/C=C\C/C=C\CCCCCCCCCCCCCC(=O)NC(COP(=O)([O-])OCC[N+](C)(C)C)C(O)/C=C/CCCCC. The van der Waals surface area contributed by atoms with Crippen LogP contribution in [0.2, 0.25) is 0 Å². The number of unbranched alkanes of at least 4 members (excludes halogenated alkanes) is 14. The normalized spacial score (nSPS) is 15.1. The van der Waals surface area contributed by atoms with Gasteiger partial charge in [0.15, 0.2) is 0 Å². The fraction of sp³-hybridized carbons (Fsp3) is 0.667. The molecule has 0 aliphatic carbocycles. The molecule has 0 saturated carbocycles. The van der Waals surface area contributed by atoms with E-state index in [1.807, 2.05) is 27.2 Å². The molecule has 60 heavy (non-hydrogen) atoms. The Labute approximate surface area is 369 Å². The number of nitrogens with zero attached hydrogens (tertiary/aromatic N) is 1. The monoisotopic (exact) mass is 857 g/mol. The number of amides is 1. The third-order valence-corrected chi connectivity index (χ3v) is 10.8. The van der Waals surface area contributed by atoms with Crippen LogP contribution in [-0.2, 0) is 18.4 Å². The molecule has 0 aromatic rings. The lowest BCUT2D eigenvalue weighted by Gasteiger charge is -2.29. The van der Waals surface area contributed by atoms with Crippen molar-refractivity contribution in [3.63, 3.8) is 0 Å². The number of aliphatic hydroxyl groups is 1. The maximum atomic E-state index is 12.8. The molecule has 0 rings (SSSR count). The molecular weight excluding hydrogens is 768 g/mol. The zero-order valence-electron chi connectivity index (χ0n) is 38.9. The molecule has 344 valence electrons. The second-order valence-corrected chi connectivity index (χ2v) is 18.1. The summed E-state index contributed by atoms with van der Waals surface area (Å²) >= 11 is 0. The summed E-state index contributed by atoms with van der Waals surface area (Å²) < 4.78 is 23.0. The number of nitrogens with one attached hydrogen (secondary N) is 1. The maximum Gasteiger partial charge on any atom is 0.268 e. The van der Waals surface area contributed by atoms with Gasteiger partial charge in [0.1, 0.15) is 13.2 Å². The maximum absolute atomic E-state index is 12.8. The fourth-order valence-electron chi connectivity index (χ4n) is 6.07. The van der Waals surface area contributed by atoms with E-state index in [0.29, 0.717) is 17.4 Å². The summed E-state index contributed by atoms with van der Waals surface area (Å²) in [4.78, 5) is 25.1. The van der Waals surface area contributed by atoms with Gasteiger partial charge in [-0.15, -0.1) is 0 Å².